The van der Waals surface area contributed by atoms with Gasteiger partial charge in [-0.05, 0) is 38.0 Å². The molecule has 0 saturated heterocycles. The first-order valence-electron chi connectivity index (χ1n) is 9.05. The summed E-state index contributed by atoms with van der Waals surface area (Å²) in [5.41, 5.74) is 3.78. The minimum Gasteiger partial charge on any atom is -0.452 e. The Kier molecular flexibility index (Phi) is 4.20. The van der Waals surface area contributed by atoms with E-state index < -0.39 is 18.5 Å². The van der Waals surface area contributed by atoms with E-state index in [1.807, 2.05) is 6.07 Å². The van der Waals surface area contributed by atoms with Crippen molar-refractivity contribution in [3.05, 3.63) is 41.2 Å². The van der Waals surface area contributed by atoms with E-state index in [0.717, 1.165) is 30.3 Å². The van der Waals surface area contributed by atoms with Crippen LogP contribution in [0.25, 0.3) is 22.1 Å². The summed E-state index contributed by atoms with van der Waals surface area (Å²) in [4.78, 5) is 29.5. The van der Waals surface area contributed by atoms with Gasteiger partial charge in [-0.25, -0.2) is 9.78 Å². The molecular formula is C19H15N5O4S. The van der Waals surface area contributed by atoms with E-state index in [-0.39, 0.29) is 0 Å². The molecule has 1 aliphatic carbocycles. The monoisotopic (exact) mass is 409 g/mol. The van der Waals surface area contributed by atoms with E-state index in [4.69, 9.17) is 9.26 Å². The summed E-state index contributed by atoms with van der Waals surface area (Å²) >= 11 is 1.06. The molecule has 1 aliphatic rings. The van der Waals surface area contributed by atoms with Gasteiger partial charge in [0.25, 0.3) is 11.6 Å². The van der Waals surface area contributed by atoms with Gasteiger partial charge in [-0.2, -0.15) is 8.75 Å². The van der Waals surface area contributed by atoms with E-state index in [0.29, 0.717) is 45.0 Å². The predicted octanol–water partition coefficient (Wildman–Crippen LogP) is 3.21. The molecule has 1 aromatic carbocycles. The van der Waals surface area contributed by atoms with Crippen molar-refractivity contribution in [3.8, 4) is 0 Å². The van der Waals surface area contributed by atoms with Crippen LogP contribution in [0.1, 0.15) is 40.5 Å². The minimum atomic E-state index is -0.616. The van der Waals surface area contributed by atoms with Crippen molar-refractivity contribution in [2.75, 3.05) is 11.9 Å². The first-order chi connectivity index (χ1) is 14.1. The predicted molar refractivity (Wildman–Crippen MR) is 105 cm³/mol. The van der Waals surface area contributed by atoms with Crippen molar-refractivity contribution in [2.45, 2.75) is 25.7 Å². The van der Waals surface area contributed by atoms with Gasteiger partial charge in [0.2, 0.25) is 0 Å². The number of aryl methyl sites for hydroxylation is 1. The summed E-state index contributed by atoms with van der Waals surface area (Å²) in [6, 6.07) is 7.01. The molecule has 0 bridgehead atoms. The zero-order chi connectivity index (χ0) is 20.0. The lowest BCUT2D eigenvalue weighted by Gasteiger charge is -2.08. The maximum absolute atomic E-state index is 12.7. The molecule has 5 rings (SSSR count). The standard InChI is InChI=1S/C19H15N5O4S/c1-9-16-11(7-14(10-5-6-10)21-18(16)28-22-9)19(26)27-8-15(25)20-12-3-2-4-13-17(12)24-29-23-13/h2-4,7,10H,5-6,8H2,1H3,(H,20,25). The lowest BCUT2D eigenvalue weighted by atomic mass is 10.1. The van der Waals surface area contributed by atoms with Crippen LogP contribution < -0.4 is 5.32 Å². The van der Waals surface area contributed by atoms with Gasteiger partial charge in [0, 0.05) is 11.6 Å². The number of carbonyl (C=O) groups excluding carboxylic acids is 2. The number of ether oxygens (including phenoxy) is 1. The molecule has 1 saturated carbocycles. The molecule has 0 spiro atoms. The van der Waals surface area contributed by atoms with Crippen LogP contribution >= 0.6 is 11.7 Å². The number of nitrogens with zero attached hydrogens (tertiary/aromatic N) is 4. The molecule has 0 aliphatic heterocycles. The Balaban J connectivity index is 1.33. The van der Waals surface area contributed by atoms with Gasteiger partial charge >= 0.3 is 5.97 Å². The van der Waals surface area contributed by atoms with Crippen LogP contribution in [0.15, 0.2) is 28.8 Å². The number of hydrogen-bond acceptors (Lipinski definition) is 9. The first kappa shape index (κ1) is 17.7. The number of carbonyl (C=O) groups is 2. The van der Waals surface area contributed by atoms with Crippen molar-refractivity contribution in [1.82, 2.24) is 18.9 Å². The van der Waals surface area contributed by atoms with Gasteiger partial charge in [0.1, 0.15) is 11.0 Å². The lowest BCUT2D eigenvalue weighted by Crippen LogP contribution is -2.21. The van der Waals surface area contributed by atoms with Crippen molar-refractivity contribution in [3.63, 3.8) is 0 Å². The average Bonchev–Trinajstić information content (AvgIpc) is 3.34. The number of amides is 1. The van der Waals surface area contributed by atoms with Crippen LogP contribution in [-0.4, -0.2) is 37.4 Å². The van der Waals surface area contributed by atoms with Gasteiger partial charge in [-0.15, -0.1) is 0 Å². The van der Waals surface area contributed by atoms with Crippen LogP contribution in [0.3, 0.4) is 0 Å². The fourth-order valence-corrected chi connectivity index (χ4v) is 3.71. The number of fused-ring (bicyclic) bond motifs is 2. The zero-order valence-corrected chi connectivity index (χ0v) is 16.2. The van der Waals surface area contributed by atoms with Gasteiger partial charge < -0.3 is 14.6 Å². The minimum absolute atomic E-state index is 0.311. The molecule has 1 N–H and O–H groups in total. The number of nitrogens with one attached hydrogen (secondary N) is 1. The first-order valence-corrected chi connectivity index (χ1v) is 9.78. The number of aromatic nitrogens is 4. The summed E-state index contributed by atoms with van der Waals surface area (Å²) in [6.45, 7) is 1.30. The summed E-state index contributed by atoms with van der Waals surface area (Å²) in [5, 5.41) is 7.12. The number of benzene rings is 1. The molecule has 1 fully saturated rings. The highest BCUT2D eigenvalue weighted by molar-refractivity contribution is 7.00. The highest BCUT2D eigenvalue weighted by Crippen LogP contribution is 2.40. The summed E-state index contributed by atoms with van der Waals surface area (Å²) in [7, 11) is 0. The highest BCUT2D eigenvalue weighted by Gasteiger charge is 2.29. The Morgan fingerprint density at radius 1 is 1.31 bits per heavy atom. The summed E-state index contributed by atoms with van der Waals surface area (Å²) in [6.07, 6.45) is 2.05. The van der Waals surface area contributed by atoms with Gasteiger partial charge in [-0.1, -0.05) is 11.2 Å². The Morgan fingerprint density at radius 3 is 3.00 bits per heavy atom. The maximum Gasteiger partial charge on any atom is 0.339 e. The number of rotatable bonds is 5. The van der Waals surface area contributed by atoms with Crippen molar-refractivity contribution in [2.24, 2.45) is 0 Å². The molecule has 0 unspecified atom stereocenters. The van der Waals surface area contributed by atoms with Crippen LogP contribution in [0.4, 0.5) is 5.69 Å². The van der Waals surface area contributed by atoms with Crippen LogP contribution in [0.5, 0.6) is 0 Å². The van der Waals surface area contributed by atoms with Crippen molar-refractivity contribution < 1.29 is 18.8 Å². The molecular weight excluding hydrogens is 394 g/mol. The third-order valence-electron chi connectivity index (χ3n) is 4.75. The molecule has 4 aromatic rings. The zero-order valence-electron chi connectivity index (χ0n) is 15.3. The molecule has 0 atom stereocenters. The van der Waals surface area contributed by atoms with Gasteiger partial charge in [0.05, 0.1) is 34.1 Å². The van der Waals surface area contributed by atoms with Gasteiger partial charge in [0.15, 0.2) is 6.61 Å². The maximum atomic E-state index is 12.7. The molecule has 10 heteroatoms. The van der Waals surface area contributed by atoms with Crippen LogP contribution in [0.2, 0.25) is 0 Å². The Hall–Kier alpha value is -3.40. The molecule has 0 radical (unpaired) electrons. The fourth-order valence-electron chi connectivity index (χ4n) is 3.17. The second-order valence-corrected chi connectivity index (χ2v) is 7.41. The second-order valence-electron chi connectivity index (χ2n) is 6.88. The molecule has 29 heavy (non-hydrogen) atoms. The average molecular weight is 409 g/mol. The van der Waals surface area contributed by atoms with E-state index in [9.17, 15) is 9.59 Å². The molecule has 146 valence electrons. The van der Waals surface area contributed by atoms with Gasteiger partial charge in [-0.3, -0.25) is 4.79 Å². The molecule has 1 amide bonds. The van der Waals surface area contributed by atoms with Crippen molar-refractivity contribution in [1.29, 1.82) is 0 Å². The fraction of sp³-hybridized carbons (Fsp3) is 0.263. The summed E-state index contributed by atoms with van der Waals surface area (Å²) in [5.74, 6) is -0.755. The Morgan fingerprint density at radius 2 is 2.17 bits per heavy atom. The third-order valence-corrected chi connectivity index (χ3v) is 5.29. The lowest BCUT2D eigenvalue weighted by molar-refractivity contribution is -0.119. The van der Waals surface area contributed by atoms with E-state index in [1.54, 1.807) is 25.1 Å². The molecule has 3 aromatic heterocycles. The van der Waals surface area contributed by atoms with Crippen molar-refractivity contribution >= 4 is 51.4 Å². The van der Waals surface area contributed by atoms with E-state index in [1.165, 1.54) is 0 Å². The quantitative estimate of drug-likeness (QED) is 0.499. The normalized spacial score (nSPS) is 13.7. The van der Waals surface area contributed by atoms with E-state index in [2.05, 4.69) is 24.2 Å². The molecule has 3 heterocycles. The topological polar surface area (TPSA) is 120 Å². The number of pyridine rings is 1. The van der Waals surface area contributed by atoms with Crippen LogP contribution in [-0.2, 0) is 9.53 Å². The Labute approximate surface area is 168 Å². The number of hydrogen-bond donors (Lipinski definition) is 1. The highest BCUT2D eigenvalue weighted by atomic mass is 32.1. The molecule has 9 nitrogen and oxygen atoms in total. The summed E-state index contributed by atoms with van der Waals surface area (Å²) < 4.78 is 18.8. The number of anilines is 1. The largest absolute Gasteiger partial charge is 0.452 e. The number of esters is 1. The Bertz CT molecular complexity index is 1260. The van der Waals surface area contributed by atoms with E-state index >= 15 is 0 Å². The SMILES string of the molecule is Cc1noc2nc(C3CC3)cc(C(=O)OCC(=O)Nc3cccc4nsnc34)c12. The van der Waals surface area contributed by atoms with Crippen LogP contribution in [0, 0.1) is 6.92 Å². The smallest absolute Gasteiger partial charge is 0.339 e. The third kappa shape index (κ3) is 3.31. The second kappa shape index (κ2) is 6.89.